The molecular formula is C9H15NO2. The van der Waals surface area contributed by atoms with Gasteiger partial charge in [-0.3, -0.25) is 0 Å². The first-order chi connectivity index (χ1) is 5.69. The van der Waals surface area contributed by atoms with Gasteiger partial charge in [0.15, 0.2) is 0 Å². The number of hydrogen-bond acceptors (Lipinski definition) is 3. The van der Waals surface area contributed by atoms with Crippen LogP contribution in [0.2, 0.25) is 0 Å². The van der Waals surface area contributed by atoms with Crippen LogP contribution in [0.25, 0.3) is 0 Å². The van der Waals surface area contributed by atoms with Crippen LogP contribution in [0.4, 0.5) is 0 Å². The molecule has 0 amide bonds. The van der Waals surface area contributed by atoms with Crippen molar-refractivity contribution in [2.75, 3.05) is 0 Å². The summed E-state index contributed by atoms with van der Waals surface area (Å²) in [6, 6.07) is 0. The summed E-state index contributed by atoms with van der Waals surface area (Å²) in [6.45, 7) is 6.05. The molecular weight excluding hydrogens is 154 g/mol. The maximum absolute atomic E-state index is 8.80. The van der Waals surface area contributed by atoms with E-state index >= 15 is 0 Å². The van der Waals surface area contributed by atoms with Crippen LogP contribution in [-0.4, -0.2) is 10.1 Å². The monoisotopic (exact) mass is 169 g/mol. The molecule has 0 aliphatic heterocycles. The standard InChI is InChI=1S/C9H15NO2/c1-4-7-9(6(2)3)10-8(5-11)12-7/h6,11H,4-5H2,1-3H3. The van der Waals surface area contributed by atoms with Gasteiger partial charge in [-0.1, -0.05) is 20.8 Å². The number of aliphatic hydroxyl groups excluding tert-OH is 1. The summed E-state index contributed by atoms with van der Waals surface area (Å²) < 4.78 is 5.31. The second kappa shape index (κ2) is 3.72. The maximum Gasteiger partial charge on any atom is 0.220 e. The van der Waals surface area contributed by atoms with E-state index in [4.69, 9.17) is 9.52 Å². The van der Waals surface area contributed by atoms with Gasteiger partial charge in [0.25, 0.3) is 0 Å². The number of aliphatic hydroxyl groups is 1. The van der Waals surface area contributed by atoms with Gasteiger partial charge in [-0.25, -0.2) is 4.98 Å². The Hall–Kier alpha value is -0.830. The summed E-state index contributed by atoms with van der Waals surface area (Å²) in [6.07, 6.45) is 0.834. The van der Waals surface area contributed by atoms with Gasteiger partial charge in [0.1, 0.15) is 12.4 Å². The van der Waals surface area contributed by atoms with E-state index in [1.165, 1.54) is 0 Å². The lowest BCUT2D eigenvalue weighted by Gasteiger charge is -1.99. The molecule has 0 aliphatic carbocycles. The number of nitrogens with zero attached hydrogens (tertiary/aromatic N) is 1. The predicted molar refractivity (Wildman–Crippen MR) is 45.9 cm³/mol. The fourth-order valence-corrected chi connectivity index (χ4v) is 1.19. The molecule has 0 aliphatic rings. The average molecular weight is 169 g/mol. The number of aryl methyl sites for hydroxylation is 1. The summed E-state index contributed by atoms with van der Waals surface area (Å²) in [5.41, 5.74) is 0.974. The topological polar surface area (TPSA) is 46.3 Å². The maximum atomic E-state index is 8.80. The number of rotatable bonds is 3. The zero-order valence-electron chi connectivity index (χ0n) is 7.79. The molecule has 0 radical (unpaired) electrons. The van der Waals surface area contributed by atoms with Crippen LogP contribution < -0.4 is 0 Å². The van der Waals surface area contributed by atoms with E-state index in [9.17, 15) is 0 Å². The molecule has 3 heteroatoms. The molecule has 3 nitrogen and oxygen atoms in total. The molecule has 0 aromatic carbocycles. The first-order valence-electron chi connectivity index (χ1n) is 4.28. The Labute approximate surface area is 72.4 Å². The molecule has 1 heterocycles. The largest absolute Gasteiger partial charge is 0.443 e. The Morgan fingerprint density at radius 3 is 2.50 bits per heavy atom. The van der Waals surface area contributed by atoms with Crippen molar-refractivity contribution in [1.29, 1.82) is 0 Å². The van der Waals surface area contributed by atoms with Gasteiger partial charge in [-0.15, -0.1) is 0 Å². The highest BCUT2D eigenvalue weighted by Crippen LogP contribution is 2.20. The SMILES string of the molecule is CCc1oc(CO)nc1C(C)C. The van der Waals surface area contributed by atoms with Crippen molar-refractivity contribution in [3.8, 4) is 0 Å². The Kier molecular flexibility index (Phi) is 2.87. The third-order valence-electron chi connectivity index (χ3n) is 1.78. The molecule has 0 unspecified atom stereocenters. The molecule has 12 heavy (non-hydrogen) atoms. The Balaban J connectivity index is 3.00. The normalized spacial score (nSPS) is 11.1. The Morgan fingerprint density at radius 1 is 1.50 bits per heavy atom. The highest BCUT2D eigenvalue weighted by atomic mass is 16.4. The molecule has 0 fully saturated rings. The molecule has 1 aromatic heterocycles. The predicted octanol–water partition coefficient (Wildman–Crippen LogP) is 1.85. The Bertz CT molecular complexity index is 253. The molecule has 1 N–H and O–H groups in total. The number of aromatic nitrogens is 1. The van der Waals surface area contributed by atoms with Crippen molar-refractivity contribution in [2.24, 2.45) is 0 Å². The van der Waals surface area contributed by atoms with Gasteiger partial charge < -0.3 is 9.52 Å². The van der Waals surface area contributed by atoms with Crippen molar-refractivity contribution in [2.45, 2.75) is 39.7 Å². The van der Waals surface area contributed by atoms with Crippen LogP contribution in [0.3, 0.4) is 0 Å². The van der Waals surface area contributed by atoms with Crippen molar-refractivity contribution in [3.63, 3.8) is 0 Å². The molecule has 0 spiro atoms. The van der Waals surface area contributed by atoms with Crippen LogP contribution in [0.15, 0.2) is 4.42 Å². The first-order valence-corrected chi connectivity index (χ1v) is 4.28. The third kappa shape index (κ3) is 1.67. The fourth-order valence-electron chi connectivity index (χ4n) is 1.19. The lowest BCUT2D eigenvalue weighted by molar-refractivity contribution is 0.237. The summed E-state index contributed by atoms with van der Waals surface area (Å²) in [5, 5.41) is 8.80. The smallest absolute Gasteiger partial charge is 0.220 e. The van der Waals surface area contributed by atoms with Gasteiger partial charge in [0.05, 0.1) is 5.69 Å². The van der Waals surface area contributed by atoms with Crippen LogP contribution in [-0.2, 0) is 13.0 Å². The fraction of sp³-hybridized carbons (Fsp3) is 0.667. The molecule has 0 saturated heterocycles. The highest BCUT2D eigenvalue weighted by molar-refractivity contribution is 5.13. The lowest BCUT2D eigenvalue weighted by Crippen LogP contribution is -1.92. The zero-order valence-corrected chi connectivity index (χ0v) is 7.79. The minimum atomic E-state index is -0.111. The van der Waals surface area contributed by atoms with Gasteiger partial charge in [0, 0.05) is 6.42 Å². The summed E-state index contributed by atoms with van der Waals surface area (Å²) in [5.74, 6) is 1.69. The molecule has 68 valence electrons. The number of hydrogen-bond donors (Lipinski definition) is 1. The van der Waals surface area contributed by atoms with E-state index in [-0.39, 0.29) is 6.61 Å². The molecule has 0 saturated carbocycles. The van der Waals surface area contributed by atoms with E-state index in [1.54, 1.807) is 0 Å². The minimum absolute atomic E-state index is 0.111. The van der Waals surface area contributed by atoms with E-state index in [0.29, 0.717) is 11.8 Å². The summed E-state index contributed by atoms with van der Waals surface area (Å²) in [7, 11) is 0. The lowest BCUT2D eigenvalue weighted by atomic mass is 10.1. The van der Waals surface area contributed by atoms with E-state index < -0.39 is 0 Å². The van der Waals surface area contributed by atoms with E-state index in [0.717, 1.165) is 17.9 Å². The van der Waals surface area contributed by atoms with Crippen LogP contribution in [0, 0.1) is 0 Å². The number of oxazole rings is 1. The quantitative estimate of drug-likeness (QED) is 0.751. The Morgan fingerprint density at radius 2 is 2.17 bits per heavy atom. The second-order valence-corrected chi connectivity index (χ2v) is 3.08. The average Bonchev–Trinajstić information content (AvgIpc) is 2.47. The van der Waals surface area contributed by atoms with Crippen molar-refractivity contribution < 1.29 is 9.52 Å². The summed E-state index contributed by atoms with van der Waals surface area (Å²) >= 11 is 0. The molecule has 0 atom stereocenters. The van der Waals surface area contributed by atoms with Crippen LogP contribution in [0.1, 0.15) is 44.0 Å². The van der Waals surface area contributed by atoms with E-state index in [2.05, 4.69) is 18.8 Å². The van der Waals surface area contributed by atoms with Crippen molar-refractivity contribution >= 4 is 0 Å². The van der Waals surface area contributed by atoms with Crippen LogP contribution >= 0.6 is 0 Å². The van der Waals surface area contributed by atoms with Crippen molar-refractivity contribution in [1.82, 2.24) is 4.98 Å². The highest BCUT2D eigenvalue weighted by Gasteiger charge is 2.13. The third-order valence-corrected chi connectivity index (χ3v) is 1.78. The molecule has 0 bridgehead atoms. The molecule has 1 rings (SSSR count). The zero-order chi connectivity index (χ0) is 9.14. The minimum Gasteiger partial charge on any atom is -0.443 e. The van der Waals surface area contributed by atoms with Crippen molar-refractivity contribution in [3.05, 3.63) is 17.3 Å². The van der Waals surface area contributed by atoms with E-state index in [1.807, 2.05) is 6.92 Å². The van der Waals surface area contributed by atoms with Gasteiger partial charge in [-0.2, -0.15) is 0 Å². The molecule has 1 aromatic rings. The van der Waals surface area contributed by atoms with Gasteiger partial charge in [-0.05, 0) is 5.92 Å². The summed E-state index contributed by atoms with van der Waals surface area (Å²) in [4.78, 5) is 4.18. The van der Waals surface area contributed by atoms with Gasteiger partial charge >= 0.3 is 0 Å². The second-order valence-electron chi connectivity index (χ2n) is 3.08. The van der Waals surface area contributed by atoms with Crippen LogP contribution in [0.5, 0.6) is 0 Å². The first kappa shape index (κ1) is 9.26. The van der Waals surface area contributed by atoms with Gasteiger partial charge in [0.2, 0.25) is 5.89 Å².